The average Bonchev–Trinajstić information content (AvgIpc) is 3.93. The quantitative estimate of drug-likeness (QED) is 0.149. The molecule has 0 nitrogen and oxygen atoms in total. The van der Waals surface area contributed by atoms with Gasteiger partial charge in [0.2, 0.25) is 0 Å². The van der Waals surface area contributed by atoms with E-state index < -0.39 is 0 Å². The molecule has 2 fully saturated rings. The van der Waals surface area contributed by atoms with Crippen molar-refractivity contribution in [2.24, 2.45) is 0 Å². The molecule has 48 heavy (non-hydrogen) atoms. The minimum Gasteiger partial charge on any atom is -0.136 e. The van der Waals surface area contributed by atoms with E-state index in [-0.39, 0.29) is 10.8 Å². The molecule has 0 atom stereocenters. The van der Waals surface area contributed by atoms with Crippen LogP contribution in [0.3, 0.4) is 0 Å². The van der Waals surface area contributed by atoms with Crippen molar-refractivity contribution in [3.05, 3.63) is 125 Å². The van der Waals surface area contributed by atoms with E-state index in [1.807, 2.05) is 22.7 Å². The summed E-state index contributed by atoms with van der Waals surface area (Å²) in [5, 5.41) is 0. The van der Waals surface area contributed by atoms with Crippen molar-refractivity contribution in [3.63, 3.8) is 0 Å². The summed E-state index contributed by atoms with van der Waals surface area (Å²) in [5.74, 6) is 0. The fraction of sp³-hybridized carbons (Fsp3) is 0.286. The maximum absolute atomic E-state index is 6.00. The van der Waals surface area contributed by atoms with Gasteiger partial charge in [0.05, 0.1) is 19.5 Å². The molecule has 0 N–H and O–H groups in total. The fourth-order valence-corrected chi connectivity index (χ4v) is 14.1. The van der Waals surface area contributed by atoms with Gasteiger partial charge in [0, 0.05) is 63.7 Å². The number of hydrogen-bond acceptors (Lipinski definition) is 6. The fourth-order valence-electron chi connectivity index (χ4n) is 9.90. The van der Waals surface area contributed by atoms with Crippen LogP contribution in [0.5, 0.6) is 0 Å². The van der Waals surface area contributed by atoms with Crippen LogP contribution in [0.1, 0.15) is 117 Å². The Morgan fingerprint density at radius 1 is 0.479 bits per heavy atom. The second-order valence-electron chi connectivity index (χ2n) is 14.3. The Kier molecular flexibility index (Phi) is 6.91. The number of allylic oxidation sites excluding steroid dienone is 4. The molecule has 0 amide bonds. The summed E-state index contributed by atoms with van der Waals surface area (Å²) in [6.07, 6.45) is 17.4. The minimum atomic E-state index is 0.0923. The molecule has 0 saturated heterocycles. The maximum Gasteiger partial charge on any atom is 0.0543 e. The van der Waals surface area contributed by atoms with E-state index in [1.54, 1.807) is 32.0 Å². The van der Waals surface area contributed by atoms with Gasteiger partial charge in [-0.15, -0.1) is 22.7 Å². The zero-order valence-electron chi connectivity index (χ0n) is 26.4. The molecule has 0 radical (unpaired) electrons. The highest BCUT2D eigenvalue weighted by Gasteiger charge is 2.58. The Hall–Kier alpha value is -2.58. The highest BCUT2D eigenvalue weighted by Crippen LogP contribution is 2.71. The first-order valence-electron chi connectivity index (χ1n) is 17.3. The standard InChI is InChI=1S/C42H32S6/c43-35-25-11-3-4-12-26(25)36(44)29(35)19-23-21-31-39(47-23)34-33(41(31)15-7-1-8-16-41)40-32(42(34)17-9-2-10-18-42)22-24(48-40)20-30-37(45)27-13-5-6-14-28(27)38(30)46/h3-6,11-14,19-22H,1-2,7-10,15-18H2. The number of thiocarbonyl (C=S) groups is 4. The van der Waals surface area contributed by atoms with Crippen LogP contribution >= 0.6 is 71.5 Å². The molecule has 10 rings (SSSR count). The Morgan fingerprint density at radius 3 is 1.15 bits per heavy atom. The molecule has 0 bridgehead atoms. The summed E-state index contributed by atoms with van der Waals surface area (Å²) < 4.78 is 0. The van der Waals surface area contributed by atoms with Crippen LogP contribution < -0.4 is 0 Å². The lowest BCUT2D eigenvalue weighted by Crippen LogP contribution is -2.28. The van der Waals surface area contributed by atoms with Crippen molar-refractivity contribution in [3.8, 4) is 0 Å². The van der Waals surface area contributed by atoms with Crippen LogP contribution in [0.15, 0.2) is 71.8 Å². The molecule has 6 aliphatic rings. The second kappa shape index (κ2) is 11.0. The van der Waals surface area contributed by atoms with Crippen LogP contribution in [-0.4, -0.2) is 19.5 Å². The van der Waals surface area contributed by atoms with Gasteiger partial charge < -0.3 is 0 Å². The first-order valence-corrected chi connectivity index (χ1v) is 20.5. The third-order valence-electron chi connectivity index (χ3n) is 12.0. The average molecular weight is 729 g/mol. The zero-order chi connectivity index (χ0) is 32.4. The van der Waals surface area contributed by atoms with Crippen LogP contribution in [0, 0.1) is 0 Å². The van der Waals surface area contributed by atoms with Crippen molar-refractivity contribution in [1.29, 1.82) is 0 Å². The minimum absolute atomic E-state index is 0.0923. The van der Waals surface area contributed by atoms with Gasteiger partial charge in [-0.1, -0.05) is 136 Å². The van der Waals surface area contributed by atoms with Gasteiger partial charge in [-0.3, -0.25) is 0 Å². The van der Waals surface area contributed by atoms with Gasteiger partial charge in [0.1, 0.15) is 0 Å². The predicted molar refractivity (Wildman–Crippen MR) is 221 cm³/mol. The summed E-state index contributed by atoms with van der Waals surface area (Å²) in [4.78, 5) is 9.32. The zero-order valence-corrected chi connectivity index (χ0v) is 31.3. The Bertz CT molecular complexity index is 2030. The highest BCUT2D eigenvalue weighted by molar-refractivity contribution is 7.84. The van der Waals surface area contributed by atoms with E-state index in [0.717, 1.165) is 52.9 Å². The second-order valence-corrected chi connectivity index (χ2v) is 18.1. The number of fused-ring (bicyclic) bond motifs is 10. The number of rotatable bonds is 2. The molecule has 2 aromatic heterocycles. The van der Waals surface area contributed by atoms with Crippen LogP contribution in [0.4, 0.5) is 0 Å². The molecule has 236 valence electrons. The summed E-state index contributed by atoms with van der Waals surface area (Å²) >= 11 is 28.0. The lowest BCUT2D eigenvalue weighted by atomic mass is 9.67. The van der Waals surface area contributed by atoms with E-state index >= 15 is 0 Å². The normalized spacial score (nSPS) is 21.2. The summed E-state index contributed by atoms with van der Waals surface area (Å²) in [7, 11) is 0. The van der Waals surface area contributed by atoms with Crippen molar-refractivity contribution >= 4 is 114 Å². The topological polar surface area (TPSA) is 0 Å². The highest BCUT2D eigenvalue weighted by atomic mass is 32.1. The van der Waals surface area contributed by atoms with Crippen LogP contribution in [0.25, 0.3) is 23.3 Å². The molecule has 6 heteroatoms. The molecular weight excluding hydrogens is 697 g/mol. The lowest BCUT2D eigenvalue weighted by molar-refractivity contribution is 0.373. The molecule has 2 heterocycles. The number of hydrogen-bond donors (Lipinski definition) is 0. The maximum atomic E-state index is 6.00. The van der Waals surface area contributed by atoms with Crippen LogP contribution in [0.2, 0.25) is 0 Å². The van der Waals surface area contributed by atoms with Gasteiger partial charge >= 0.3 is 0 Å². The van der Waals surface area contributed by atoms with Gasteiger partial charge in [-0.2, -0.15) is 0 Å². The van der Waals surface area contributed by atoms with Crippen molar-refractivity contribution in [1.82, 2.24) is 0 Å². The third kappa shape index (κ3) is 4.02. The molecule has 2 spiro atoms. The first kappa shape index (κ1) is 30.3. The molecule has 6 aliphatic carbocycles. The van der Waals surface area contributed by atoms with Gasteiger partial charge in [-0.25, -0.2) is 0 Å². The van der Waals surface area contributed by atoms with E-state index in [4.69, 9.17) is 48.9 Å². The first-order chi connectivity index (χ1) is 23.4. The summed E-state index contributed by atoms with van der Waals surface area (Å²) in [6.45, 7) is 0. The van der Waals surface area contributed by atoms with Gasteiger partial charge in [0.15, 0.2) is 0 Å². The monoisotopic (exact) mass is 728 g/mol. The van der Waals surface area contributed by atoms with E-state index in [9.17, 15) is 0 Å². The van der Waals surface area contributed by atoms with Gasteiger partial charge in [-0.05, 0) is 72.2 Å². The Balaban J connectivity index is 1.13. The van der Waals surface area contributed by atoms with Crippen molar-refractivity contribution in [2.45, 2.75) is 75.0 Å². The van der Waals surface area contributed by atoms with E-state index in [0.29, 0.717) is 0 Å². The third-order valence-corrected chi connectivity index (χ3v) is 16.0. The molecule has 0 unspecified atom stereocenters. The molecule has 4 aromatic rings. The molecule has 0 aliphatic heterocycles. The van der Waals surface area contributed by atoms with Crippen molar-refractivity contribution < 1.29 is 0 Å². The summed E-state index contributed by atoms with van der Waals surface area (Å²) in [5.41, 5.74) is 13.3. The predicted octanol–water partition coefficient (Wildman–Crippen LogP) is 12.2. The summed E-state index contributed by atoms with van der Waals surface area (Å²) in [6, 6.07) is 21.8. The smallest absolute Gasteiger partial charge is 0.0543 e. The van der Waals surface area contributed by atoms with E-state index in [2.05, 4.69) is 72.8 Å². The number of thiophene rings is 2. The largest absolute Gasteiger partial charge is 0.136 e. The van der Waals surface area contributed by atoms with Crippen LogP contribution in [-0.2, 0) is 10.8 Å². The van der Waals surface area contributed by atoms with Gasteiger partial charge in [0.25, 0.3) is 0 Å². The molecule has 2 saturated carbocycles. The Morgan fingerprint density at radius 2 is 0.812 bits per heavy atom. The number of benzene rings is 2. The molecule has 2 aromatic carbocycles. The lowest BCUT2D eigenvalue weighted by Gasteiger charge is -2.37. The van der Waals surface area contributed by atoms with Crippen molar-refractivity contribution in [2.75, 3.05) is 0 Å². The SMILES string of the molecule is S=C1C(=Cc2cc3c(s2)C2=C(c4sc(C=C5C(=S)c6ccccc6C5=S)cc4C24CCCCC4)C32CCCCC2)C(=S)c2ccccc21. The molecular formula is C42H32S6. The Labute approximate surface area is 311 Å². The van der Waals surface area contributed by atoms with E-state index in [1.165, 1.54) is 74.0 Å².